The van der Waals surface area contributed by atoms with Crippen LogP contribution in [0.3, 0.4) is 0 Å². The Morgan fingerprint density at radius 2 is 2.17 bits per heavy atom. The molecule has 0 aromatic rings. The van der Waals surface area contributed by atoms with Gasteiger partial charge in [-0.05, 0) is 6.92 Å². The van der Waals surface area contributed by atoms with Crippen molar-refractivity contribution < 1.29 is 37.4 Å². The van der Waals surface area contributed by atoms with Gasteiger partial charge in [-0.25, -0.2) is 0 Å². The summed E-state index contributed by atoms with van der Waals surface area (Å²) in [5.41, 5.74) is 0. The molecule has 0 aromatic carbocycles. The molecule has 0 aromatic heterocycles. The van der Waals surface area contributed by atoms with E-state index < -0.39 is 0 Å². The third-order valence-corrected chi connectivity index (χ3v) is 0.348. The summed E-state index contributed by atoms with van der Waals surface area (Å²) in [6, 6.07) is 0. The van der Waals surface area contributed by atoms with E-state index in [9.17, 15) is 0 Å². The average Bonchev–Trinajstić information content (AvgIpc) is 1.41. The molecule has 6 heavy (non-hydrogen) atoms. The largest absolute Gasteiger partial charge is 0.414 e. The predicted octanol–water partition coefficient (Wildman–Crippen LogP) is 0.854. The van der Waals surface area contributed by atoms with Crippen molar-refractivity contribution in [2.45, 2.75) is 6.92 Å². The Morgan fingerprint density at radius 1 is 1.67 bits per heavy atom. The van der Waals surface area contributed by atoms with Gasteiger partial charge in [0.15, 0.2) is 0 Å². The van der Waals surface area contributed by atoms with Crippen molar-refractivity contribution in [1.82, 2.24) is 0 Å². The van der Waals surface area contributed by atoms with Gasteiger partial charge in [-0.3, -0.25) is 0 Å². The van der Waals surface area contributed by atoms with Gasteiger partial charge in [-0.1, -0.05) is 6.61 Å². The predicted molar refractivity (Wildman–Crippen MR) is 21.8 cm³/mol. The van der Waals surface area contributed by atoms with Crippen LogP contribution in [0, 0.1) is 6.92 Å². The van der Waals surface area contributed by atoms with Gasteiger partial charge in [0.25, 0.3) is 0 Å². The van der Waals surface area contributed by atoms with Crippen LogP contribution in [0.15, 0.2) is 0 Å². The Kier molecular flexibility index (Phi) is 15.9. The van der Waals surface area contributed by atoms with E-state index in [1.165, 1.54) is 0 Å². The maximum atomic E-state index is 4.72. The molecule has 1 radical (unpaired) electrons. The zero-order valence-electron chi connectivity index (χ0n) is 4.11. The van der Waals surface area contributed by atoms with Crippen LogP contribution in [0.25, 0.3) is 0 Å². The van der Waals surface area contributed by atoms with Crippen LogP contribution < -0.4 is 0 Å². The molecule has 0 saturated heterocycles. The van der Waals surface area contributed by atoms with Gasteiger partial charge in [-0.15, -0.1) is 0 Å². The van der Waals surface area contributed by atoms with E-state index >= 15 is 0 Å². The van der Waals surface area contributed by atoms with Crippen molar-refractivity contribution in [3.63, 3.8) is 0 Å². The zero-order chi connectivity index (χ0) is 4.12. The summed E-state index contributed by atoms with van der Waals surface area (Å²) < 4.78 is 4.72. The Labute approximate surface area is 64.3 Å². The van der Waals surface area contributed by atoms with E-state index in [-0.39, 0.29) is 32.7 Å². The first-order valence-electron chi connectivity index (χ1n) is 1.78. The van der Waals surface area contributed by atoms with Crippen LogP contribution in [-0.4, -0.2) is 13.2 Å². The van der Waals surface area contributed by atoms with Crippen molar-refractivity contribution >= 4 is 0 Å². The van der Waals surface area contributed by atoms with Crippen molar-refractivity contribution in [2.75, 3.05) is 13.2 Å². The summed E-state index contributed by atoms with van der Waals surface area (Å²) in [4.78, 5) is 0. The van der Waals surface area contributed by atoms with Gasteiger partial charge in [-0.2, -0.15) is 0 Å². The molecular weight excluding hydrogens is 153 g/mol. The molecule has 0 bridgehead atoms. The van der Waals surface area contributed by atoms with Gasteiger partial charge in [0.05, 0.1) is 0 Å². The molecule has 0 rings (SSSR count). The van der Waals surface area contributed by atoms with Gasteiger partial charge >= 0.3 is 0 Å². The zero-order valence-corrected chi connectivity index (χ0v) is 6.95. The minimum Gasteiger partial charge on any atom is -0.414 e. The van der Waals surface area contributed by atoms with E-state index in [0.29, 0.717) is 6.61 Å². The number of hydrogen-bond acceptors (Lipinski definition) is 1. The van der Waals surface area contributed by atoms with Crippen LogP contribution >= 0.6 is 0 Å². The number of rotatable bonds is 2. The molecule has 2 heteroatoms. The first-order valence-corrected chi connectivity index (χ1v) is 1.78. The summed E-state index contributed by atoms with van der Waals surface area (Å²) >= 11 is 0. The fraction of sp³-hybridized carbons (Fsp3) is 0.750. The summed E-state index contributed by atoms with van der Waals surface area (Å²) in [6.45, 7) is 6.78. The van der Waals surface area contributed by atoms with Gasteiger partial charge in [0.2, 0.25) is 0 Å². The van der Waals surface area contributed by atoms with Crippen LogP contribution in [0.1, 0.15) is 6.92 Å². The number of ether oxygens (including phenoxy) is 1. The molecule has 0 aliphatic heterocycles. The van der Waals surface area contributed by atoms with Gasteiger partial charge in [0.1, 0.15) is 0 Å². The summed E-state index contributed by atoms with van der Waals surface area (Å²) in [6.07, 6.45) is 0. The molecule has 0 atom stereocenters. The molecule has 0 fully saturated rings. The third-order valence-electron chi connectivity index (χ3n) is 0.348. The molecule has 0 N–H and O–H groups in total. The van der Waals surface area contributed by atoms with Crippen molar-refractivity contribution in [2.24, 2.45) is 0 Å². The molecule has 0 amide bonds. The third kappa shape index (κ3) is 8.91. The Bertz CT molecular complexity index is 15.0. The normalized spacial score (nSPS) is 7.00. The fourth-order valence-electron chi connectivity index (χ4n) is 0.144. The molecule has 0 aliphatic carbocycles. The van der Waals surface area contributed by atoms with E-state index in [0.717, 1.165) is 6.61 Å². The van der Waals surface area contributed by atoms with Gasteiger partial charge < -0.3 is 11.7 Å². The van der Waals surface area contributed by atoms with E-state index in [1.54, 1.807) is 0 Å². The SMILES string of the molecule is [CH2-]COCC.[Y]. The van der Waals surface area contributed by atoms with Crippen LogP contribution in [0.5, 0.6) is 0 Å². The summed E-state index contributed by atoms with van der Waals surface area (Å²) in [5.74, 6) is 0. The molecule has 0 saturated carbocycles. The summed E-state index contributed by atoms with van der Waals surface area (Å²) in [7, 11) is 0. The molecule has 0 aliphatic rings. The second kappa shape index (κ2) is 9.42. The first-order chi connectivity index (χ1) is 2.41. The second-order valence-corrected chi connectivity index (χ2v) is 0.697. The molecule has 1 nitrogen and oxygen atoms in total. The minimum absolute atomic E-state index is 0. The average molecular weight is 162 g/mol. The van der Waals surface area contributed by atoms with E-state index in [4.69, 9.17) is 4.74 Å². The van der Waals surface area contributed by atoms with Crippen molar-refractivity contribution in [3.05, 3.63) is 6.92 Å². The maximum absolute atomic E-state index is 4.72. The Balaban J connectivity index is 0. The molecule has 0 unspecified atom stereocenters. The second-order valence-electron chi connectivity index (χ2n) is 0.697. The molecular formula is C4H9OY-. The van der Waals surface area contributed by atoms with Crippen LogP contribution in [0.4, 0.5) is 0 Å². The topological polar surface area (TPSA) is 9.23 Å². The van der Waals surface area contributed by atoms with Crippen molar-refractivity contribution in [3.8, 4) is 0 Å². The summed E-state index contributed by atoms with van der Waals surface area (Å²) in [5, 5.41) is 0. The molecule has 0 heterocycles. The standard InChI is InChI=1S/C4H9O.Y/c1-3-5-4-2;/h1,3-4H2,2H3;/q-1;. The van der Waals surface area contributed by atoms with E-state index in [2.05, 4.69) is 6.92 Å². The van der Waals surface area contributed by atoms with Crippen LogP contribution in [-0.2, 0) is 37.4 Å². The first kappa shape index (κ1) is 10.1. The molecule has 35 valence electrons. The number of hydrogen-bond donors (Lipinski definition) is 0. The smallest absolute Gasteiger partial charge is 0.0402 e. The maximum Gasteiger partial charge on any atom is 0.0402 e. The van der Waals surface area contributed by atoms with Gasteiger partial charge in [0, 0.05) is 39.3 Å². The Hall–Kier alpha value is 1.06. The monoisotopic (exact) mass is 162 g/mol. The van der Waals surface area contributed by atoms with E-state index in [1.807, 2.05) is 6.92 Å². The molecule has 0 spiro atoms. The fourth-order valence-corrected chi connectivity index (χ4v) is 0.144. The minimum atomic E-state index is 0. The van der Waals surface area contributed by atoms with Crippen LogP contribution in [0.2, 0.25) is 0 Å². The van der Waals surface area contributed by atoms with Crippen molar-refractivity contribution in [1.29, 1.82) is 0 Å². The quantitative estimate of drug-likeness (QED) is 0.547. The Morgan fingerprint density at radius 3 is 2.17 bits per heavy atom.